The molecule has 0 aromatic heterocycles. The van der Waals surface area contributed by atoms with Crippen LogP contribution >= 0.6 is 0 Å². The van der Waals surface area contributed by atoms with Gasteiger partial charge in [0.05, 0.1) is 5.41 Å². The predicted molar refractivity (Wildman–Crippen MR) is 82.7 cm³/mol. The quantitative estimate of drug-likeness (QED) is 0.774. The summed E-state index contributed by atoms with van der Waals surface area (Å²) in [6, 6.07) is 9.22. The Bertz CT molecular complexity index is 533. The predicted octanol–water partition coefficient (Wildman–Crippen LogP) is 2.61. The van der Waals surface area contributed by atoms with Crippen LogP contribution in [-0.2, 0) is 9.59 Å². The van der Waals surface area contributed by atoms with E-state index in [2.05, 4.69) is 5.32 Å². The standard InChI is InChI=1S/C17H23NO4/c1-3-16(4-2,15(20)21)12-18-14(19)17(10-11-17)22-13-8-6-5-7-9-13/h5-9H,3-4,10-12H2,1-2H3,(H,18,19)(H,20,21). The van der Waals surface area contributed by atoms with Crippen molar-refractivity contribution in [3.05, 3.63) is 30.3 Å². The first kappa shape index (κ1) is 16.3. The molecule has 1 aliphatic carbocycles. The van der Waals surface area contributed by atoms with Crippen molar-refractivity contribution in [2.45, 2.75) is 45.1 Å². The molecular weight excluding hydrogens is 282 g/mol. The van der Waals surface area contributed by atoms with E-state index in [9.17, 15) is 14.7 Å². The van der Waals surface area contributed by atoms with E-state index in [1.54, 1.807) is 0 Å². The number of ether oxygens (including phenoxy) is 1. The minimum Gasteiger partial charge on any atom is -0.481 e. The second-order valence-electron chi connectivity index (χ2n) is 5.88. The van der Waals surface area contributed by atoms with Crippen molar-refractivity contribution >= 4 is 11.9 Å². The number of carboxylic acids is 1. The lowest BCUT2D eigenvalue weighted by Crippen LogP contribution is -2.47. The molecule has 2 N–H and O–H groups in total. The SMILES string of the molecule is CCC(CC)(CNC(=O)C1(Oc2ccccc2)CC1)C(=O)O. The number of nitrogens with one attached hydrogen (secondary N) is 1. The normalized spacial score (nSPS) is 15.9. The summed E-state index contributed by atoms with van der Waals surface area (Å²) in [4.78, 5) is 23.9. The summed E-state index contributed by atoms with van der Waals surface area (Å²) in [5.41, 5.74) is -1.73. The van der Waals surface area contributed by atoms with Gasteiger partial charge in [-0.05, 0) is 25.0 Å². The van der Waals surface area contributed by atoms with Crippen molar-refractivity contribution < 1.29 is 19.4 Å². The third kappa shape index (κ3) is 3.24. The second-order valence-corrected chi connectivity index (χ2v) is 5.88. The van der Waals surface area contributed by atoms with Gasteiger partial charge in [-0.1, -0.05) is 32.0 Å². The monoisotopic (exact) mass is 305 g/mol. The topological polar surface area (TPSA) is 75.6 Å². The molecule has 0 saturated heterocycles. The van der Waals surface area contributed by atoms with E-state index in [1.807, 2.05) is 44.2 Å². The summed E-state index contributed by atoms with van der Waals surface area (Å²) in [5, 5.41) is 12.2. The molecule has 120 valence electrons. The van der Waals surface area contributed by atoms with Crippen molar-refractivity contribution in [1.29, 1.82) is 0 Å². The minimum atomic E-state index is -0.904. The lowest BCUT2D eigenvalue weighted by atomic mass is 9.82. The zero-order valence-corrected chi connectivity index (χ0v) is 13.1. The largest absolute Gasteiger partial charge is 0.481 e. The van der Waals surface area contributed by atoms with Gasteiger partial charge in [0.15, 0.2) is 5.60 Å². The van der Waals surface area contributed by atoms with Gasteiger partial charge < -0.3 is 15.2 Å². The second kappa shape index (κ2) is 6.38. The van der Waals surface area contributed by atoms with E-state index in [0.29, 0.717) is 31.4 Å². The van der Waals surface area contributed by atoms with E-state index < -0.39 is 17.0 Å². The van der Waals surface area contributed by atoms with Crippen molar-refractivity contribution in [3.8, 4) is 5.75 Å². The van der Waals surface area contributed by atoms with Crippen molar-refractivity contribution in [3.63, 3.8) is 0 Å². The van der Waals surface area contributed by atoms with Crippen LogP contribution in [-0.4, -0.2) is 29.1 Å². The molecule has 1 fully saturated rings. The van der Waals surface area contributed by atoms with Gasteiger partial charge in [-0.2, -0.15) is 0 Å². The number of para-hydroxylation sites is 1. The Labute approximate surface area is 130 Å². The molecular formula is C17H23NO4. The molecule has 1 aromatic rings. The molecule has 0 radical (unpaired) electrons. The maximum absolute atomic E-state index is 12.4. The molecule has 5 nitrogen and oxygen atoms in total. The molecule has 0 spiro atoms. The highest BCUT2D eigenvalue weighted by Crippen LogP contribution is 2.40. The highest BCUT2D eigenvalue weighted by atomic mass is 16.5. The maximum Gasteiger partial charge on any atom is 0.311 e. The Morgan fingerprint density at radius 3 is 2.27 bits per heavy atom. The smallest absolute Gasteiger partial charge is 0.311 e. The maximum atomic E-state index is 12.4. The van der Waals surface area contributed by atoms with Gasteiger partial charge in [0.1, 0.15) is 5.75 Å². The Balaban J connectivity index is 1.99. The summed E-state index contributed by atoms with van der Waals surface area (Å²) in [5.74, 6) is -0.430. The molecule has 0 unspecified atom stereocenters. The van der Waals surface area contributed by atoms with Crippen LogP contribution in [0, 0.1) is 5.41 Å². The fourth-order valence-electron chi connectivity index (χ4n) is 2.49. The van der Waals surface area contributed by atoms with Crippen LogP contribution in [0.5, 0.6) is 5.75 Å². The first-order valence-corrected chi connectivity index (χ1v) is 7.74. The summed E-state index contributed by atoms with van der Waals surface area (Å²) in [6.07, 6.45) is 2.27. The Morgan fingerprint density at radius 1 is 1.23 bits per heavy atom. The van der Waals surface area contributed by atoms with Crippen LogP contribution in [0.25, 0.3) is 0 Å². The molecule has 0 heterocycles. The van der Waals surface area contributed by atoms with Crippen molar-refractivity contribution in [1.82, 2.24) is 5.32 Å². The fraction of sp³-hybridized carbons (Fsp3) is 0.529. The third-order valence-corrected chi connectivity index (χ3v) is 4.57. The molecule has 1 aliphatic rings. The first-order valence-electron chi connectivity index (χ1n) is 7.74. The molecule has 0 atom stereocenters. The van der Waals surface area contributed by atoms with Gasteiger partial charge >= 0.3 is 5.97 Å². The molecule has 22 heavy (non-hydrogen) atoms. The number of amides is 1. The molecule has 0 bridgehead atoms. The Morgan fingerprint density at radius 2 is 1.82 bits per heavy atom. The average molecular weight is 305 g/mol. The number of rotatable bonds is 8. The molecule has 1 amide bonds. The minimum absolute atomic E-state index is 0.133. The molecule has 5 heteroatoms. The van der Waals surface area contributed by atoms with Gasteiger partial charge in [0, 0.05) is 19.4 Å². The van der Waals surface area contributed by atoms with Crippen LogP contribution < -0.4 is 10.1 Å². The molecule has 1 saturated carbocycles. The highest BCUT2D eigenvalue weighted by molar-refractivity contribution is 5.89. The fourth-order valence-corrected chi connectivity index (χ4v) is 2.49. The number of hydrogen-bond donors (Lipinski definition) is 2. The number of benzene rings is 1. The summed E-state index contributed by atoms with van der Waals surface area (Å²) in [6.45, 7) is 3.79. The highest BCUT2D eigenvalue weighted by Gasteiger charge is 2.53. The summed E-state index contributed by atoms with van der Waals surface area (Å²) < 4.78 is 5.81. The van der Waals surface area contributed by atoms with Crippen molar-refractivity contribution in [2.24, 2.45) is 5.41 Å². The van der Waals surface area contributed by atoms with Crippen LogP contribution in [0.2, 0.25) is 0 Å². The van der Waals surface area contributed by atoms with Crippen LogP contribution in [0.3, 0.4) is 0 Å². The van der Waals surface area contributed by atoms with Crippen molar-refractivity contribution in [2.75, 3.05) is 6.54 Å². The van der Waals surface area contributed by atoms with E-state index >= 15 is 0 Å². The number of carboxylic acid groups (broad SMARTS) is 1. The molecule has 2 rings (SSSR count). The first-order chi connectivity index (χ1) is 10.5. The lowest BCUT2D eigenvalue weighted by Gasteiger charge is -2.28. The van der Waals surface area contributed by atoms with E-state index in [-0.39, 0.29) is 12.5 Å². The zero-order valence-electron chi connectivity index (χ0n) is 13.1. The summed E-state index contributed by atoms with van der Waals surface area (Å²) >= 11 is 0. The number of aliphatic carboxylic acids is 1. The van der Waals surface area contributed by atoms with Gasteiger partial charge in [-0.3, -0.25) is 9.59 Å². The third-order valence-electron chi connectivity index (χ3n) is 4.57. The number of carbonyl (C=O) groups excluding carboxylic acids is 1. The number of hydrogen-bond acceptors (Lipinski definition) is 3. The Kier molecular flexibility index (Phi) is 4.74. The van der Waals surface area contributed by atoms with E-state index in [0.717, 1.165) is 0 Å². The summed E-state index contributed by atoms with van der Waals surface area (Å²) in [7, 11) is 0. The zero-order chi connectivity index (χ0) is 16.2. The molecule has 0 aliphatic heterocycles. The average Bonchev–Trinajstić information content (AvgIpc) is 3.30. The van der Waals surface area contributed by atoms with E-state index in [4.69, 9.17) is 4.74 Å². The van der Waals surface area contributed by atoms with Gasteiger partial charge in [0.2, 0.25) is 0 Å². The Hall–Kier alpha value is -2.04. The van der Waals surface area contributed by atoms with Gasteiger partial charge in [-0.15, -0.1) is 0 Å². The van der Waals surface area contributed by atoms with Crippen LogP contribution in [0.1, 0.15) is 39.5 Å². The number of carbonyl (C=O) groups is 2. The van der Waals surface area contributed by atoms with Gasteiger partial charge in [-0.25, -0.2) is 0 Å². The van der Waals surface area contributed by atoms with Gasteiger partial charge in [0.25, 0.3) is 5.91 Å². The van der Waals surface area contributed by atoms with E-state index in [1.165, 1.54) is 0 Å². The van der Waals surface area contributed by atoms with Crippen LogP contribution in [0.15, 0.2) is 30.3 Å². The lowest BCUT2D eigenvalue weighted by molar-refractivity contribution is -0.149. The molecule has 1 aromatic carbocycles. The van der Waals surface area contributed by atoms with Crippen LogP contribution in [0.4, 0.5) is 0 Å².